The predicted molar refractivity (Wildman–Crippen MR) is 98.2 cm³/mol. The number of aromatic carboxylic acids is 1. The normalized spacial score (nSPS) is 17.2. The minimum Gasteiger partial charge on any atom is -0.478 e. The van der Waals surface area contributed by atoms with Gasteiger partial charge in [-0.25, -0.2) is 4.79 Å². The topological polar surface area (TPSA) is 73.6 Å². The van der Waals surface area contributed by atoms with Crippen LogP contribution in [0.4, 0.5) is 0 Å². The van der Waals surface area contributed by atoms with Crippen LogP contribution < -0.4 is 0 Å². The minimum atomic E-state index is -0.970. The van der Waals surface area contributed by atoms with E-state index in [-0.39, 0.29) is 5.56 Å². The summed E-state index contributed by atoms with van der Waals surface area (Å²) < 4.78 is 5.45. The number of hydrogen-bond acceptors (Lipinski definition) is 4. The SMILES string of the molecule is N#CC(Cc1ccc(C(=O)O)cc1)(c1ccccc1Cl)N1CCOCC1. The van der Waals surface area contributed by atoms with Gasteiger partial charge in [0.25, 0.3) is 0 Å². The second-order valence-electron chi connectivity index (χ2n) is 6.23. The van der Waals surface area contributed by atoms with Crippen molar-refractivity contribution < 1.29 is 14.6 Å². The molecule has 0 aliphatic carbocycles. The summed E-state index contributed by atoms with van der Waals surface area (Å²) in [5.41, 5.74) is 0.920. The van der Waals surface area contributed by atoms with E-state index in [0.29, 0.717) is 37.7 Å². The summed E-state index contributed by atoms with van der Waals surface area (Å²) >= 11 is 6.45. The van der Waals surface area contributed by atoms with Gasteiger partial charge in [-0.1, -0.05) is 41.9 Å². The molecule has 1 unspecified atom stereocenters. The highest BCUT2D eigenvalue weighted by Crippen LogP contribution is 2.37. The van der Waals surface area contributed by atoms with E-state index >= 15 is 0 Å². The van der Waals surface area contributed by atoms with E-state index in [1.54, 1.807) is 30.3 Å². The molecule has 5 nitrogen and oxygen atoms in total. The van der Waals surface area contributed by atoms with Gasteiger partial charge in [0.1, 0.15) is 5.54 Å². The van der Waals surface area contributed by atoms with Crippen molar-refractivity contribution >= 4 is 17.6 Å². The van der Waals surface area contributed by atoms with Crippen LogP contribution in [-0.4, -0.2) is 42.3 Å². The van der Waals surface area contributed by atoms with Crippen LogP contribution in [-0.2, 0) is 16.7 Å². The third kappa shape index (κ3) is 3.58. The van der Waals surface area contributed by atoms with Crippen LogP contribution in [0.25, 0.3) is 0 Å². The van der Waals surface area contributed by atoms with Gasteiger partial charge in [0, 0.05) is 30.1 Å². The zero-order valence-electron chi connectivity index (χ0n) is 14.2. The van der Waals surface area contributed by atoms with E-state index in [1.165, 1.54) is 0 Å². The Hall–Kier alpha value is -2.39. The van der Waals surface area contributed by atoms with Gasteiger partial charge in [-0.05, 0) is 23.8 Å². The van der Waals surface area contributed by atoms with Crippen molar-refractivity contribution in [3.63, 3.8) is 0 Å². The highest BCUT2D eigenvalue weighted by Gasteiger charge is 2.41. The summed E-state index contributed by atoms with van der Waals surface area (Å²) in [5, 5.41) is 19.9. The molecule has 1 saturated heterocycles. The molecule has 6 heteroatoms. The Labute approximate surface area is 157 Å². The Balaban J connectivity index is 2.03. The fourth-order valence-corrected chi connectivity index (χ4v) is 3.64. The molecule has 2 aromatic rings. The van der Waals surface area contributed by atoms with Gasteiger partial charge in [0.05, 0.1) is 24.8 Å². The fraction of sp³-hybridized carbons (Fsp3) is 0.300. The molecule has 26 heavy (non-hydrogen) atoms. The number of benzene rings is 2. The standard InChI is InChI=1S/C20H19ClN2O3/c21-18-4-2-1-3-17(18)20(14-22,23-9-11-26-12-10-23)13-15-5-7-16(8-6-15)19(24)25/h1-8H,9-13H2,(H,24,25). The molecule has 1 aliphatic heterocycles. The number of carboxylic acid groups (broad SMARTS) is 1. The number of nitriles is 1. The summed E-state index contributed by atoms with van der Waals surface area (Å²) in [7, 11) is 0. The first-order chi connectivity index (χ1) is 12.6. The smallest absolute Gasteiger partial charge is 0.335 e. The van der Waals surface area contributed by atoms with Crippen LogP contribution >= 0.6 is 11.6 Å². The van der Waals surface area contributed by atoms with E-state index < -0.39 is 11.5 Å². The lowest BCUT2D eigenvalue weighted by Gasteiger charge is -2.41. The quantitative estimate of drug-likeness (QED) is 0.873. The average molecular weight is 371 g/mol. The molecular weight excluding hydrogens is 352 g/mol. The largest absolute Gasteiger partial charge is 0.478 e. The summed E-state index contributed by atoms with van der Waals surface area (Å²) in [6.07, 6.45) is 0.410. The lowest BCUT2D eigenvalue weighted by atomic mass is 9.82. The highest BCUT2D eigenvalue weighted by molar-refractivity contribution is 6.31. The highest BCUT2D eigenvalue weighted by atomic mass is 35.5. The molecular formula is C20H19ClN2O3. The molecule has 0 radical (unpaired) electrons. The number of rotatable bonds is 5. The van der Waals surface area contributed by atoms with Crippen molar-refractivity contribution in [2.75, 3.05) is 26.3 Å². The maximum absolute atomic E-state index is 11.1. The molecule has 0 saturated carbocycles. The zero-order valence-corrected chi connectivity index (χ0v) is 14.9. The molecule has 1 aliphatic rings. The summed E-state index contributed by atoms with van der Waals surface area (Å²) in [6, 6.07) is 16.5. The maximum Gasteiger partial charge on any atom is 0.335 e. The fourth-order valence-electron chi connectivity index (χ4n) is 3.35. The molecule has 2 aromatic carbocycles. The lowest BCUT2D eigenvalue weighted by molar-refractivity contribution is -0.00513. The molecule has 0 bridgehead atoms. The van der Waals surface area contributed by atoms with E-state index in [0.717, 1.165) is 11.1 Å². The van der Waals surface area contributed by atoms with E-state index in [4.69, 9.17) is 21.4 Å². The summed E-state index contributed by atoms with van der Waals surface area (Å²) in [4.78, 5) is 13.2. The van der Waals surface area contributed by atoms with Gasteiger partial charge in [0.15, 0.2) is 0 Å². The number of morpholine rings is 1. The Morgan fingerprint density at radius 1 is 1.19 bits per heavy atom. The van der Waals surface area contributed by atoms with Crippen molar-refractivity contribution in [1.29, 1.82) is 5.26 Å². The summed E-state index contributed by atoms with van der Waals surface area (Å²) in [6.45, 7) is 2.38. The Kier molecular flexibility index (Phi) is 5.58. The number of carbonyl (C=O) groups is 1. The number of nitrogens with zero attached hydrogens (tertiary/aromatic N) is 2. The lowest BCUT2D eigenvalue weighted by Crippen LogP contribution is -2.52. The molecule has 0 amide bonds. The van der Waals surface area contributed by atoms with Gasteiger partial charge in [0.2, 0.25) is 0 Å². The van der Waals surface area contributed by atoms with Crippen LogP contribution in [0, 0.1) is 11.3 Å². The first-order valence-corrected chi connectivity index (χ1v) is 8.76. The number of halogens is 1. The Bertz CT molecular complexity index is 826. The van der Waals surface area contributed by atoms with Crippen LogP contribution in [0.1, 0.15) is 21.5 Å². The van der Waals surface area contributed by atoms with Crippen LogP contribution in [0.15, 0.2) is 48.5 Å². The van der Waals surface area contributed by atoms with Crippen molar-refractivity contribution in [3.8, 4) is 6.07 Å². The van der Waals surface area contributed by atoms with Gasteiger partial charge < -0.3 is 9.84 Å². The zero-order chi connectivity index (χ0) is 18.6. The van der Waals surface area contributed by atoms with Crippen LogP contribution in [0.2, 0.25) is 5.02 Å². The molecule has 1 heterocycles. The third-order valence-corrected chi connectivity index (χ3v) is 5.05. The predicted octanol–water partition coefficient (Wildman–Crippen LogP) is 3.33. The van der Waals surface area contributed by atoms with Crippen molar-refractivity contribution in [1.82, 2.24) is 4.90 Å². The molecule has 1 fully saturated rings. The second-order valence-corrected chi connectivity index (χ2v) is 6.64. The Morgan fingerprint density at radius 3 is 2.42 bits per heavy atom. The molecule has 0 spiro atoms. The average Bonchev–Trinajstić information content (AvgIpc) is 2.68. The third-order valence-electron chi connectivity index (χ3n) is 4.72. The van der Waals surface area contributed by atoms with Crippen LogP contribution in [0.3, 0.4) is 0 Å². The molecule has 0 aromatic heterocycles. The number of ether oxygens (including phenoxy) is 1. The van der Waals surface area contributed by atoms with Crippen molar-refractivity contribution in [2.24, 2.45) is 0 Å². The van der Waals surface area contributed by atoms with Gasteiger partial charge in [-0.2, -0.15) is 5.26 Å². The van der Waals surface area contributed by atoms with Gasteiger partial charge in [-0.3, -0.25) is 4.90 Å². The minimum absolute atomic E-state index is 0.223. The second kappa shape index (κ2) is 7.88. The monoisotopic (exact) mass is 370 g/mol. The van der Waals surface area contributed by atoms with E-state index in [1.807, 2.05) is 18.2 Å². The molecule has 134 valence electrons. The van der Waals surface area contributed by atoms with E-state index in [2.05, 4.69) is 11.0 Å². The van der Waals surface area contributed by atoms with Crippen molar-refractivity contribution in [3.05, 3.63) is 70.2 Å². The first kappa shape index (κ1) is 18.4. The van der Waals surface area contributed by atoms with Gasteiger partial charge in [-0.15, -0.1) is 0 Å². The molecule has 1 atom stereocenters. The summed E-state index contributed by atoms with van der Waals surface area (Å²) in [5.74, 6) is -0.970. The maximum atomic E-state index is 11.1. The molecule has 1 N–H and O–H groups in total. The molecule has 3 rings (SSSR count). The van der Waals surface area contributed by atoms with E-state index in [9.17, 15) is 10.1 Å². The van der Waals surface area contributed by atoms with Crippen LogP contribution in [0.5, 0.6) is 0 Å². The van der Waals surface area contributed by atoms with Gasteiger partial charge >= 0.3 is 5.97 Å². The van der Waals surface area contributed by atoms with Crippen molar-refractivity contribution in [2.45, 2.75) is 12.0 Å². The number of hydrogen-bond donors (Lipinski definition) is 1. The first-order valence-electron chi connectivity index (χ1n) is 8.38. The Morgan fingerprint density at radius 2 is 1.85 bits per heavy atom. The number of carboxylic acids is 1.